The third-order valence-corrected chi connectivity index (χ3v) is 2.81. The van der Waals surface area contributed by atoms with E-state index in [0.717, 1.165) is 12.1 Å². The van der Waals surface area contributed by atoms with Crippen LogP contribution in [0.25, 0.3) is 0 Å². The Labute approximate surface area is 94.9 Å². The molecule has 15 heavy (non-hydrogen) atoms. The predicted molar refractivity (Wildman–Crippen MR) is 60.4 cm³/mol. The summed E-state index contributed by atoms with van der Waals surface area (Å²) in [7, 11) is 0. The zero-order valence-corrected chi connectivity index (χ0v) is 9.76. The van der Waals surface area contributed by atoms with E-state index in [4.69, 9.17) is 11.6 Å². The summed E-state index contributed by atoms with van der Waals surface area (Å²) < 4.78 is 12.8. The molecule has 2 nitrogen and oxygen atoms in total. The molecule has 0 aliphatic rings. The number of hydrogen-bond acceptors (Lipinski definition) is 2. The van der Waals surface area contributed by atoms with Crippen LogP contribution in [-0.2, 0) is 6.54 Å². The van der Waals surface area contributed by atoms with Crippen LogP contribution in [0.15, 0.2) is 18.5 Å². The first-order valence-electron chi connectivity index (χ1n) is 5.04. The predicted octanol–water partition coefficient (Wildman–Crippen LogP) is 2.57. The van der Waals surface area contributed by atoms with E-state index < -0.39 is 0 Å². The minimum atomic E-state index is -0.305. The largest absolute Gasteiger partial charge is 0.311 e. The standard InChI is InChI=1S/C11H16ClFN2/c1-8(2)11(12)7-15-5-9-3-10(13)6-14-4-9/h3-4,6,8,11,15H,5,7H2,1-2H3. The average molecular weight is 231 g/mol. The molecule has 0 spiro atoms. The van der Waals surface area contributed by atoms with Gasteiger partial charge in [-0.25, -0.2) is 4.39 Å². The van der Waals surface area contributed by atoms with Crippen LogP contribution in [0.5, 0.6) is 0 Å². The number of hydrogen-bond donors (Lipinski definition) is 1. The SMILES string of the molecule is CC(C)C(Cl)CNCc1cncc(F)c1. The Kier molecular flexibility index (Phi) is 4.99. The van der Waals surface area contributed by atoms with Crippen molar-refractivity contribution < 1.29 is 4.39 Å². The minimum Gasteiger partial charge on any atom is -0.311 e. The zero-order chi connectivity index (χ0) is 11.3. The van der Waals surface area contributed by atoms with Gasteiger partial charge in [0.2, 0.25) is 0 Å². The molecule has 1 atom stereocenters. The monoisotopic (exact) mass is 230 g/mol. The fourth-order valence-electron chi connectivity index (χ4n) is 1.14. The van der Waals surface area contributed by atoms with Crippen LogP contribution < -0.4 is 5.32 Å². The lowest BCUT2D eigenvalue weighted by Crippen LogP contribution is -2.26. The Bertz CT molecular complexity index is 304. The van der Waals surface area contributed by atoms with Crippen LogP contribution >= 0.6 is 11.6 Å². The molecule has 1 N–H and O–H groups in total. The molecule has 0 fully saturated rings. The Morgan fingerprint density at radius 3 is 2.80 bits per heavy atom. The van der Waals surface area contributed by atoms with Crippen LogP contribution in [0.2, 0.25) is 0 Å². The number of aromatic nitrogens is 1. The highest BCUT2D eigenvalue weighted by Crippen LogP contribution is 2.08. The first-order chi connectivity index (χ1) is 7.09. The van der Waals surface area contributed by atoms with Crippen molar-refractivity contribution in [1.29, 1.82) is 0 Å². The van der Waals surface area contributed by atoms with Gasteiger partial charge in [0, 0.05) is 24.7 Å². The molecule has 1 unspecified atom stereocenters. The summed E-state index contributed by atoms with van der Waals surface area (Å²) >= 11 is 6.06. The third-order valence-electron chi connectivity index (χ3n) is 2.15. The quantitative estimate of drug-likeness (QED) is 0.787. The highest BCUT2D eigenvalue weighted by atomic mass is 35.5. The Morgan fingerprint density at radius 2 is 2.20 bits per heavy atom. The van der Waals surface area contributed by atoms with E-state index in [9.17, 15) is 4.39 Å². The molecule has 0 aromatic carbocycles. The summed E-state index contributed by atoms with van der Waals surface area (Å²) in [6.45, 7) is 5.46. The van der Waals surface area contributed by atoms with Crippen LogP contribution in [0.3, 0.4) is 0 Å². The summed E-state index contributed by atoms with van der Waals surface area (Å²) in [6, 6.07) is 1.47. The number of halogens is 2. The van der Waals surface area contributed by atoms with Crippen LogP contribution in [0.1, 0.15) is 19.4 Å². The van der Waals surface area contributed by atoms with Gasteiger partial charge < -0.3 is 5.32 Å². The maximum atomic E-state index is 12.8. The van der Waals surface area contributed by atoms with Gasteiger partial charge in [-0.15, -0.1) is 11.6 Å². The van der Waals surface area contributed by atoms with Crippen LogP contribution in [-0.4, -0.2) is 16.9 Å². The normalized spacial score (nSPS) is 13.1. The van der Waals surface area contributed by atoms with E-state index in [0.29, 0.717) is 12.5 Å². The van der Waals surface area contributed by atoms with Gasteiger partial charge in [-0.2, -0.15) is 0 Å². The van der Waals surface area contributed by atoms with E-state index in [1.54, 1.807) is 6.20 Å². The molecule has 1 rings (SSSR count). The highest BCUT2D eigenvalue weighted by Gasteiger charge is 2.08. The Balaban J connectivity index is 2.32. The van der Waals surface area contributed by atoms with E-state index in [1.807, 2.05) is 0 Å². The van der Waals surface area contributed by atoms with Crippen molar-refractivity contribution >= 4 is 11.6 Å². The second-order valence-corrected chi connectivity index (χ2v) is 4.46. The van der Waals surface area contributed by atoms with Gasteiger partial charge in [0.05, 0.1) is 6.20 Å². The molecule has 0 saturated heterocycles. The summed E-state index contributed by atoms with van der Waals surface area (Å²) in [4.78, 5) is 3.77. The summed E-state index contributed by atoms with van der Waals surface area (Å²) in [5.41, 5.74) is 0.836. The lowest BCUT2D eigenvalue weighted by molar-refractivity contribution is 0.543. The van der Waals surface area contributed by atoms with Gasteiger partial charge in [0.25, 0.3) is 0 Å². The second-order valence-electron chi connectivity index (χ2n) is 3.90. The fraction of sp³-hybridized carbons (Fsp3) is 0.545. The maximum Gasteiger partial charge on any atom is 0.141 e. The number of pyridine rings is 1. The summed E-state index contributed by atoms with van der Waals surface area (Å²) in [5.74, 6) is 0.130. The van der Waals surface area contributed by atoms with Crippen LogP contribution in [0.4, 0.5) is 4.39 Å². The van der Waals surface area contributed by atoms with E-state index in [-0.39, 0.29) is 11.2 Å². The van der Waals surface area contributed by atoms with Crippen molar-refractivity contribution in [3.63, 3.8) is 0 Å². The highest BCUT2D eigenvalue weighted by molar-refractivity contribution is 6.20. The van der Waals surface area contributed by atoms with E-state index in [1.165, 1.54) is 12.3 Å². The van der Waals surface area contributed by atoms with Gasteiger partial charge in [0.1, 0.15) is 5.82 Å². The van der Waals surface area contributed by atoms with Gasteiger partial charge in [-0.05, 0) is 17.5 Å². The average Bonchev–Trinajstić information content (AvgIpc) is 2.17. The van der Waals surface area contributed by atoms with Crippen molar-refractivity contribution in [3.8, 4) is 0 Å². The van der Waals surface area contributed by atoms with E-state index in [2.05, 4.69) is 24.1 Å². The first-order valence-corrected chi connectivity index (χ1v) is 5.47. The number of nitrogens with zero attached hydrogens (tertiary/aromatic N) is 1. The molecule has 0 aliphatic carbocycles. The molecular formula is C11H16ClFN2. The Morgan fingerprint density at radius 1 is 1.47 bits per heavy atom. The lowest BCUT2D eigenvalue weighted by atomic mass is 10.1. The summed E-state index contributed by atoms with van der Waals surface area (Å²) in [5, 5.41) is 3.27. The topological polar surface area (TPSA) is 24.9 Å². The van der Waals surface area contributed by atoms with E-state index >= 15 is 0 Å². The smallest absolute Gasteiger partial charge is 0.141 e. The maximum absolute atomic E-state index is 12.8. The second kappa shape index (κ2) is 6.03. The number of alkyl halides is 1. The molecule has 0 radical (unpaired) electrons. The minimum absolute atomic E-state index is 0.103. The molecule has 0 amide bonds. The molecule has 84 valence electrons. The number of rotatable bonds is 5. The molecule has 1 aromatic heterocycles. The molecule has 4 heteroatoms. The Hall–Kier alpha value is -0.670. The van der Waals surface area contributed by atoms with Gasteiger partial charge >= 0.3 is 0 Å². The number of nitrogens with one attached hydrogen (secondary N) is 1. The lowest BCUT2D eigenvalue weighted by Gasteiger charge is -2.13. The van der Waals surface area contributed by atoms with Gasteiger partial charge in [-0.3, -0.25) is 4.98 Å². The van der Waals surface area contributed by atoms with Crippen molar-refractivity contribution in [3.05, 3.63) is 29.8 Å². The molecule has 0 aliphatic heterocycles. The first kappa shape index (κ1) is 12.4. The van der Waals surface area contributed by atoms with Crippen molar-refractivity contribution in [2.24, 2.45) is 5.92 Å². The molecule has 0 bridgehead atoms. The van der Waals surface area contributed by atoms with Gasteiger partial charge in [0.15, 0.2) is 0 Å². The zero-order valence-electron chi connectivity index (χ0n) is 9.00. The van der Waals surface area contributed by atoms with Crippen LogP contribution in [0, 0.1) is 11.7 Å². The molecule has 1 aromatic rings. The molecule has 1 heterocycles. The molecule has 0 saturated carbocycles. The van der Waals surface area contributed by atoms with Gasteiger partial charge in [-0.1, -0.05) is 13.8 Å². The van der Waals surface area contributed by atoms with Crippen molar-refractivity contribution in [1.82, 2.24) is 10.3 Å². The molecular weight excluding hydrogens is 215 g/mol. The van der Waals surface area contributed by atoms with Crippen molar-refractivity contribution in [2.75, 3.05) is 6.54 Å². The summed E-state index contributed by atoms with van der Waals surface area (Å²) in [6.07, 6.45) is 2.84. The van der Waals surface area contributed by atoms with Crippen molar-refractivity contribution in [2.45, 2.75) is 25.8 Å². The third kappa shape index (κ3) is 4.58. The fourth-order valence-corrected chi connectivity index (χ4v) is 1.25.